The Balaban J connectivity index is 2.02. The summed E-state index contributed by atoms with van der Waals surface area (Å²) in [4.78, 5) is 12.2. The van der Waals surface area contributed by atoms with Crippen molar-refractivity contribution in [1.29, 1.82) is 0 Å². The molecule has 0 bridgehead atoms. The molecule has 5 heteroatoms. The Bertz CT molecular complexity index is 646. The van der Waals surface area contributed by atoms with E-state index >= 15 is 0 Å². The lowest BCUT2D eigenvalue weighted by molar-refractivity contribution is 0.0950. The van der Waals surface area contributed by atoms with Gasteiger partial charge in [-0.3, -0.25) is 4.79 Å². The van der Waals surface area contributed by atoms with Crippen molar-refractivity contribution < 1.29 is 9.53 Å². The van der Waals surface area contributed by atoms with Gasteiger partial charge >= 0.3 is 0 Å². The second-order valence-corrected chi connectivity index (χ2v) is 5.85. The van der Waals surface area contributed by atoms with Gasteiger partial charge in [-0.1, -0.05) is 35.9 Å². The Labute approximate surface area is 137 Å². The fourth-order valence-electron chi connectivity index (χ4n) is 1.95. The van der Waals surface area contributed by atoms with E-state index < -0.39 is 0 Å². The van der Waals surface area contributed by atoms with E-state index in [1.807, 2.05) is 24.3 Å². The van der Waals surface area contributed by atoms with Gasteiger partial charge < -0.3 is 10.1 Å². The Morgan fingerprint density at radius 1 is 1.24 bits per heavy atom. The fraction of sp³-hybridized carbons (Fsp3) is 0.188. The lowest BCUT2D eigenvalue weighted by Gasteiger charge is -2.08. The highest BCUT2D eigenvalue weighted by atomic mass is 79.9. The van der Waals surface area contributed by atoms with Gasteiger partial charge in [0.25, 0.3) is 5.91 Å². The summed E-state index contributed by atoms with van der Waals surface area (Å²) in [6, 6.07) is 13.0. The van der Waals surface area contributed by atoms with Crippen molar-refractivity contribution in [1.82, 2.24) is 5.32 Å². The van der Waals surface area contributed by atoms with E-state index in [2.05, 4.69) is 21.2 Å². The number of carbonyl (C=O) groups is 1. The molecule has 0 fully saturated rings. The standard InChI is InChI=1S/C16H15BrClNO2/c1-21-10-12-4-2-3-11(7-12)9-19-16(20)14-6-5-13(18)8-15(14)17/h2-8H,9-10H2,1H3,(H,19,20). The van der Waals surface area contributed by atoms with Crippen LogP contribution in [0.2, 0.25) is 5.02 Å². The van der Waals surface area contributed by atoms with Gasteiger partial charge in [-0.05, 0) is 45.3 Å². The highest BCUT2D eigenvalue weighted by Gasteiger charge is 2.10. The molecular weight excluding hydrogens is 354 g/mol. The quantitative estimate of drug-likeness (QED) is 0.860. The van der Waals surface area contributed by atoms with Gasteiger partial charge in [0.15, 0.2) is 0 Å². The van der Waals surface area contributed by atoms with E-state index in [4.69, 9.17) is 16.3 Å². The topological polar surface area (TPSA) is 38.3 Å². The van der Waals surface area contributed by atoms with Gasteiger partial charge in [-0.25, -0.2) is 0 Å². The number of rotatable bonds is 5. The number of hydrogen-bond donors (Lipinski definition) is 1. The minimum Gasteiger partial charge on any atom is -0.380 e. The summed E-state index contributed by atoms with van der Waals surface area (Å²) in [5.74, 6) is -0.143. The summed E-state index contributed by atoms with van der Waals surface area (Å²) < 4.78 is 5.78. The molecule has 2 aromatic rings. The molecule has 0 spiro atoms. The maximum atomic E-state index is 12.2. The van der Waals surface area contributed by atoms with E-state index in [-0.39, 0.29) is 5.91 Å². The molecule has 0 heterocycles. The zero-order valence-corrected chi connectivity index (χ0v) is 13.9. The third kappa shape index (κ3) is 4.56. The molecule has 0 saturated heterocycles. The average molecular weight is 369 g/mol. The predicted octanol–water partition coefficient (Wildman–Crippen LogP) is 4.18. The highest BCUT2D eigenvalue weighted by molar-refractivity contribution is 9.10. The number of halogens is 2. The Hall–Kier alpha value is -1.36. The van der Waals surface area contributed by atoms with Crippen LogP contribution in [0.1, 0.15) is 21.5 Å². The van der Waals surface area contributed by atoms with Crippen molar-refractivity contribution in [2.75, 3.05) is 7.11 Å². The van der Waals surface area contributed by atoms with E-state index in [9.17, 15) is 4.79 Å². The molecule has 0 aliphatic heterocycles. The predicted molar refractivity (Wildman–Crippen MR) is 87.5 cm³/mol. The molecule has 1 N–H and O–H groups in total. The van der Waals surface area contributed by atoms with Crippen molar-refractivity contribution >= 4 is 33.4 Å². The molecule has 0 aliphatic carbocycles. The molecule has 21 heavy (non-hydrogen) atoms. The minimum absolute atomic E-state index is 0.143. The molecule has 1 amide bonds. The van der Waals surface area contributed by atoms with Crippen LogP contribution in [0.3, 0.4) is 0 Å². The monoisotopic (exact) mass is 367 g/mol. The summed E-state index contributed by atoms with van der Waals surface area (Å²) >= 11 is 9.21. The van der Waals surface area contributed by atoms with Gasteiger partial charge in [0.2, 0.25) is 0 Å². The Morgan fingerprint density at radius 2 is 2.00 bits per heavy atom. The van der Waals surface area contributed by atoms with Crippen molar-refractivity contribution in [3.8, 4) is 0 Å². The molecule has 0 atom stereocenters. The van der Waals surface area contributed by atoms with Crippen LogP contribution in [0.15, 0.2) is 46.9 Å². The van der Waals surface area contributed by atoms with Gasteiger partial charge in [-0.2, -0.15) is 0 Å². The van der Waals surface area contributed by atoms with Crippen LogP contribution in [-0.4, -0.2) is 13.0 Å². The number of benzene rings is 2. The smallest absolute Gasteiger partial charge is 0.252 e. The molecule has 0 saturated carbocycles. The van der Waals surface area contributed by atoms with Crippen LogP contribution in [-0.2, 0) is 17.9 Å². The third-order valence-electron chi connectivity index (χ3n) is 2.93. The Kier molecular flexibility index (Phi) is 5.79. The van der Waals surface area contributed by atoms with Crippen LogP contribution < -0.4 is 5.32 Å². The van der Waals surface area contributed by atoms with Crippen LogP contribution in [0, 0.1) is 0 Å². The van der Waals surface area contributed by atoms with Crippen molar-refractivity contribution in [2.45, 2.75) is 13.2 Å². The maximum absolute atomic E-state index is 12.2. The molecular formula is C16H15BrClNO2. The third-order valence-corrected chi connectivity index (χ3v) is 3.82. The summed E-state index contributed by atoms with van der Waals surface area (Å²) in [6.45, 7) is 1.02. The molecule has 110 valence electrons. The fourth-order valence-corrected chi connectivity index (χ4v) is 2.81. The summed E-state index contributed by atoms with van der Waals surface area (Å²) in [5, 5.41) is 3.48. The molecule has 0 aliphatic rings. The molecule has 0 radical (unpaired) electrons. The highest BCUT2D eigenvalue weighted by Crippen LogP contribution is 2.21. The SMILES string of the molecule is COCc1cccc(CNC(=O)c2ccc(Cl)cc2Br)c1. The first-order chi connectivity index (χ1) is 10.1. The molecule has 3 nitrogen and oxygen atoms in total. The number of ether oxygens (including phenoxy) is 1. The maximum Gasteiger partial charge on any atom is 0.252 e. The van der Waals surface area contributed by atoms with E-state index in [0.717, 1.165) is 11.1 Å². The first kappa shape index (κ1) is 16.0. The van der Waals surface area contributed by atoms with Crippen molar-refractivity contribution in [3.05, 3.63) is 68.7 Å². The van der Waals surface area contributed by atoms with Crippen LogP contribution in [0.25, 0.3) is 0 Å². The number of nitrogens with one attached hydrogen (secondary N) is 1. The summed E-state index contributed by atoms with van der Waals surface area (Å²) in [5.41, 5.74) is 2.67. The number of hydrogen-bond acceptors (Lipinski definition) is 2. The Morgan fingerprint density at radius 3 is 2.71 bits per heavy atom. The molecule has 2 rings (SSSR count). The van der Waals surface area contributed by atoms with E-state index in [1.54, 1.807) is 25.3 Å². The lowest BCUT2D eigenvalue weighted by Crippen LogP contribution is -2.23. The van der Waals surface area contributed by atoms with Crippen molar-refractivity contribution in [3.63, 3.8) is 0 Å². The number of amides is 1. The van der Waals surface area contributed by atoms with Gasteiger partial charge in [-0.15, -0.1) is 0 Å². The van der Waals surface area contributed by atoms with Crippen LogP contribution in [0.4, 0.5) is 0 Å². The summed E-state index contributed by atoms with van der Waals surface area (Å²) in [6.07, 6.45) is 0. The van der Waals surface area contributed by atoms with Crippen molar-refractivity contribution in [2.24, 2.45) is 0 Å². The summed E-state index contributed by atoms with van der Waals surface area (Å²) in [7, 11) is 1.66. The molecule has 2 aromatic carbocycles. The molecule has 0 unspecified atom stereocenters. The van der Waals surface area contributed by atoms with Gasteiger partial charge in [0, 0.05) is 23.1 Å². The zero-order chi connectivity index (χ0) is 15.2. The van der Waals surface area contributed by atoms with Gasteiger partial charge in [0.1, 0.15) is 0 Å². The minimum atomic E-state index is -0.143. The first-order valence-corrected chi connectivity index (χ1v) is 7.57. The second-order valence-electron chi connectivity index (χ2n) is 4.56. The first-order valence-electron chi connectivity index (χ1n) is 6.40. The van der Waals surface area contributed by atoms with Crippen LogP contribution >= 0.6 is 27.5 Å². The van der Waals surface area contributed by atoms with Gasteiger partial charge in [0.05, 0.1) is 12.2 Å². The normalized spacial score (nSPS) is 10.4. The number of carbonyl (C=O) groups excluding carboxylic acids is 1. The van der Waals surface area contributed by atoms with Crippen LogP contribution in [0.5, 0.6) is 0 Å². The van der Waals surface area contributed by atoms with E-state index in [0.29, 0.717) is 28.2 Å². The molecule has 0 aromatic heterocycles. The zero-order valence-electron chi connectivity index (χ0n) is 11.5. The lowest BCUT2D eigenvalue weighted by atomic mass is 10.1. The largest absolute Gasteiger partial charge is 0.380 e. The average Bonchev–Trinajstić information content (AvgIpc) is 2.45. The van der Waals surface area contributed by atoms with E-state index in [1.165, 1.54) is 0 Å². The second kappa shape index (κ2) is 7.59. The number of methoxy groups -OCH3 is 1.